The van der Waals surface area contributed by atoms with Crippen LogP contribution in [0, 0.1) is 0 Å². The Morgan fingerprint density at radius 1 is 1.50 bits per heavy atom. The first-order chi connectivity index (χ1) is 9.36. The molecular formula is C13H18ClN3O2S. The molecule has 1 fully saturated rings. The molecule has 1 saturated carbocycles. The Labute approximate surface area is 124 Å². The van der Waals surface area contributed by atoms with Gasteiger partial charge < -0.3 is 11.1 Å². The van der Waals surface area contributed by atoms with Crippen molar-refractivity contribution in [2.24, 2.45) is 10.7 Å². The summed E-state index contributed by atoms with van der Waals surface area (Å²) in [6, 6.07) is 5.24. The van der Waals surface area contributed by atoms with Gasteiger partial charge in [-0.1, -0.05) is 17.7 Å². The Bertz CT molecular complexity index is 625. The van der Waals surface area contributed by atoms with Gasteiger partial charge in [-0.3, -0.25) is 0 Å². The topological polar surface area (TPSA) is 84.5 Å². The zero-order valence-corrected chi connectivity index (χ0v) is 12.8. The largest absolute Gasteiger partial charge is 0.370 e. The molecular weight excluding hydrogens is 298 g/mol. The molecule has 1 aromatic carbocycles. The van der Waals surface area contributed by atoms with Crippen molar-refractivity contribution >= 4 is 27.4 Å². The van der Waals surface area contributed by atoms with Crippen LogP contribution in [0.2, 0.25) is 5.02 Å². The van der Waals surface area contributed by atoms with Gasteiger partial charge in [0.25, 0.3) is 0 Å². The second kappa shape index (κ2) is 6.01. The van der Waals surface area contributed by atoms with Crippen LogP contribution < -0.4 is 11.1 Å². The fourth-order valence-corrected chi connectivity index (χ4v) is 3.28. The van der Waals surface area contributed by atoms with Gasteiger partial charge in [0.2, 0.25) is 0 Å². The molecule has 110 valence electrons. The summed E-state index contributed by atoms with van der Waals surface area (Å²) in [6.07, 6.45) is 4.62. The number of rotatable bonds is 4. The molecule has 3 N–H and O–H groups in total. The van der Waals surface area contributed by atoms with Crippen LogP contribution in [0.25, 0.3) is 0 Å². The van der Waals surface area contributed by atoms with E-state index in [4.69, 9.17) is 17.3 Å². The first-order valence-corrected chi connectivity index (χ1v) is 8.68. The van der Waals surface area contributed by atoms with Crippen molar-refractivity contribution in [2.75, 3.05) is 6.26 Å². The number of hydrogen-bond donors (Lipinski definition) is 2. The fourth-order valence-electron chi connectivity index (χ4n) is 1.93. The normalized spacial score (nSPS) is 16.8. The maximum Gasteiger partial charge on any atom is 0.189 e. The maximum atomic E-state index is 11.4. The Hall–Kier alpha value is -1.27. The number of halogens is 1. The molecule has 2 rings (SSSR count). The molecule has 20 heavy (non-hydrogen) atoms. The number of benzene rings is 1. The van der Waals surface area contributed by atoms with Gasteiger partial charge >= 0.3 is 0 Å². The molecule has 0 radical (unpaired) electrons. The average molecular weight is 316 g/mol. The van der Waals surface area contributed by atoms with Crippen LogP contribution in [0.1, 0.15) is 24.8 Å². The number of sulfone groups is 1. The smallest absolute Gasteiger partial charge is 0.189 e. The van der Waals surface area contributed by atoms with Crippen LogP contribution in [-0.2, 0) is 16.4 Å². The van der Waals surface area contributed by atoms with E-state index >= 15 is 0 Å². The summed E-state index contributed by atoms with van der Waals surface area (Å²) in [5, 5.41) is 3.35. The van der Waals surface area contributed by atoms with Gasteiger partial charge in [-0.25, -0.2) is 13.4 Å². The monoisotopic (exact) mass is 315 g/mol. The fraction of sp³-hybridized carbons (Fsp3) is 0.462. The van der Waals surface area contributed by atoms with Gasteiger partial charge in [-0.15, -0.1) is 0 Å². The van der Waals surface area contributed by atoms with E-state index in [1.165, 1.54) is 12.5 Å². The van der Waals surface area contributed by atoms with Crippen molar-refractivity contribution in [3.63, 3.8) is 0 Å². The number of guanidine groups is 1. The van der Waals surface area contributed by atoms with E-state index in [9.17, 15) is 8.42 Å². The summed E-state index contributed by atoms with van der Waals surface area (Å²) >= 11 is 5.97. The minimum absolute atomic E-state index is 0.132. The van der Waals surface area contributed by atoms with Crippen LogP contribution in [0.15, 0.2) is 28.1 Å². The predicted molar refractivity (Wildman–Crippen MR) is 80.7 cm³/mol. The minimum Gasteiger partial charge on any atom is -0.370 e. The van der Waals surface area contributed by atoms with Crippen LogP contribution in [0.3, 0.4) is 0 Å². The van der Waals surface area contributed by atoms with E-state index < -0.39 is 9.84 Å². The predicted octanol–water partition coefficient (Wildman–Crippen LogP) is 1.70. The molecule has 0 unspecified atom stereocenters. The van der Waals surface area contributed by atoms with E-state index in [-0.39, 0.29) is 9.92 Å². The first kappa shape index (κ1) is 15.1. The van der Waals surface area contributed by atoms with E-state index in [2.05, 4.69) is 10.3 Å². The number of nitrogens with one attached hydrogen (secondary N) is 1. The molecule has 0 heterocycles. The number of nitrogens with zero attached hydrogens (tertiary/aromatic N) is 1. The summed E-state index contributed by atoms with van der Waals surface area (Å²) in [5.41, 5.74) is 6.60. The molecule has 1 aliphatic carbocycles. The third-order valence-corrected chi connectivity index (χ3v) is 4.86. The highest BCUT2D eigenvalue weighted by Crippen LogP contribution is 2.23. The summed E-state index contributed by atoms with van der Waals surface area (Å²) in [4.78, 5) is 4.36. The molecule has 0 aromatic heterocycles. The molecule has 0 spiro atoms. The molecule has 7 heteroatoms. The van der Waals surface area contributed by atoms with Crippen molar-refractivity contribution in [3.8, 4) is 0 Å². The SMILES string of the molecule is CS(=O)(=O)c1ccc(CN=C(N)NC2CCC2)cc1Cl. The molecule has 0 atom stereocenters. The van der Waals surface area contributed by atoms with Gasteiger partial charge in [0.1, 0.15) is 0 Å². The molecule has 0 saturated heterocycles. The second-order valence-corrected chi connectivity index (χ2v) is 7.40. The summed E-state index contributed by atoms with van der Waals surface area (Å²) in [5.74, 6) is 0.415. The second-order valence-electron chi connectivity index (χ2n) is 5.01. The van der Waals surface area contributed by atoms with Gasteiger partial charge in [-0.05, 0) is 37.0 Å². The van der Waals surface area contributed by atoms with Crippen LogP contribution >= 0.6 is 11.6 Å². The van der Waals surface area contributed by atoms with Gasteiger partial charge in [0.15, 0.2) is 15.8 Å². The minimum atomic E-state index is -3.30. The van der Waals surface area contributed by atoms with Crippen LogP contribution in [-0.4, -0.2) is 26.7 Å². The van der Waals surface area contributed by atoms with Crippen molar-refractivity contribution < 1.29 is 8.42 Å². The summed E-state index contributed by atoms with van der Waals surface area (Å²) in [6.45, 7) is 0.370. The van der Waals surface area contributed by atoms with Crippen LogP contribution in [0.5, 0.6) is 0 Å². The highest BCUT2D eigenvalue weighted by atomic mass is 35.5. The van der Waals surface area contributed by atoms with E-state index in [0.717, 1.165) is 24.7 Å². The van der Waals surface area contributed by atoms with Gasteiger partial charge in [0.05, 0.1) is 16.5 Å². The number of nitrogens with two attached hydrogens (primary N) is 1. The summed E-state index contributed by atoms with van der Waals surface area (Å²) < 4.78 is 22.9. The lowest BCUT2D eigenvalue weighted by Crippen LogP contribution is -2.43. The lowest BCUT2D eigenvalue weighted by atomic mass is 9.93. The molecule has 0 bridgehead atoms. The average Bonchev–Trinajstić information content (AvgIpc) is 2.30. The Morgan fingerprint density at radius 2 is 2.20 bits per heavy atom. The van der Waals surface area contributed by atoms with E-state index in [0.29, 0.717) is 18.5 Å². The van der Waals surface area contributed by atoms with Crippen molar-refractivity contribution in [2.45, 2.75) is 36.7 Å². The quantitative estimate of drug-likeness (QED) is 0.654. The Balaban J connectivity index is 2.03. The van der Waals surface area contributed by atoms with Crippen LogP contribution in [0.4, 0.5) is 0 Å². The zero-order chi connectivity index (χ0) is 14.8. The molecule has 0 aliphatic heterocycles. The van der Waals surface area contributed by atoms with Crippen molar-refractivity contribution in [3.05, 3.63) is 28.8 Å². The highest BCUT2D eigenvalue weighted by Gasteiger charge is 2.17. The highest BCUT2D eigenvalue weighted by molar-refractivity contribution is 7.90. The van der Waals surface area contributed by atoms with Gasteiger partial charge in [0, 0.05) is 12.3 Å². The maximum absolute atomic E-state index is 11.4. The van der Waals surface area contributed by atoms with E-state index in [1.54, 1.807) is 12.1 Å². The molecule has 1 aliphatic rings. The Kier molecular flexibility index (Phi) is 4.55. The number of aliphatic imine (C=N–C) groups is 1. The van der Waals surface area contributed by atoms with Crippen molar-refractivity contribution in [1.29, 1.82) is 0 Å². The molecule has 1 aromatic rings. The lowest BCUT2D eigenvalue weighted by molar-refractivity contribution is 0.382. The van der Waals surface area contributed by atoms with E-state index in [1.807, 2.05) is 0 Å². The summed E-state index contributed by atoms with van der Waals surface area (Å²) in [7, 11) is -3.30. The van der Waals surface area contributed by atoms with Crippen molar-refractivity contribution in [1.82, 2.24) is 5.32 Å². The van der Waals surface area contributed by atoms with Gasteiger partial charge in [-0.2, -0.15) is 0 Å². The standard InChI is InChI=1S/C13H18ClN3O2S/c1-20(18,19)12-6-5-9(7-11(12)14)8-16-13(15)17-10-3-2-4-10/h5-7,10H,2-4,8H2,1H3,(H3,15,16,17). The third-order valence-electron chi connectivity index (χ3n) is 3.28. The molecule has 5 nitrogen and oxygen atoms in total. The lowest BCUT2D eigenvalue weighted by Gasteiger charge is -2.26. The zero-order valence-electron chi connectivity index (χ0n) is 11.3. The number of hydrogen-bond acceptors (Lipinski definition) is 3. The first-order valence-electron chi connectivity index (χ1n) is 6.41. The molecule has 0 amide bonds. The third kappa shape index (κ3) is 3.86. The Morgan fingerprint density at radius 3 is 2.70 bits per heavy atom.